The number of fused-ring (bicyclic) bond motifs is 1. The third-order valence-corrected chi connectivity index (χ3v) is 9.13. The average molecular weight is 661 g/mol. The molecule has 0 atom stereocenters. The van der Waals surface area contributed by atoms with Crippen LogP contribution in [0.3, 0.4) is 0 Å². The molecule has 0 saturated heterocycles. The molecular formula is C31H28N6O7S2. The molecule has 0 aliphatic carbocycles. The van der Waals surface area contributed by atoms with E-state index in [1.54, 1.807) is 31.2 Å². The number of benzene rings is 5. The van der Waals surface area contributed by atoms with Gasteiger partial charge in [-0.3, -0.25) is 4.55 Å². The number of sulfonamides is 1. The molecular weight excluding hydrogens is 633 g/mol. The van der Waals surface area contributed by atoms with E-state index >= 15 is 0 Å². The first kappa shape index (κ1) is 32.2. The van der Waals surface area contributed by atoms with Crippen molar-refractivity contribution in [3.05, 3.63) is 96.6 Å². The maximum atomic E-state index is 12.4. The van der Waals surface area contributed by atoms with Crippen LogP contribution >= 0.6 is 0 Å². The summed E-state index contributed by atoms with van der Waals surface area (Å²) in [7, 11) is -5.71. The zero-order valence-corrected chi connectivity index (χ0v) is 26.3. The molecule has 5 rings (SSSR count). The highest BCUT2D eigenvalue weighted by atomic mass is 32.2. The van der Waals surface area contributed by atoms with Gasteiger partial charge in [0.15, 0.2) is 5.75 Å². The molecule has 46 heavy (non-hydrogen) atoms. The molecule has 13 nitrogen and oxygen atoms in total. The van der Waals surface area contributed by atoms with E-state index in [-0.39, 0.29) is 21.7 Å². The Morgan fingerprint density at radius 1 is 0.761 bits per heavy atom. The van der Waals surface area contributed by atoms with Crippen LogP contribution in [0.2, 0.25) is 0 Å². The molecule has 0 fully saturated rings. The number of rotatable bonds is 10. The molecule has 0 aliphatic rings. The number of methoxy groups -OCH3 is 1. The molecule has 0 bridgehead atoms. The van der Waals surface area contributed by atoms with Crippen LogP contribution in [0, 0.1) is 6.92 Å². The minimum absolute atomic E-state index is 0.0842. The van der Waals surface area contributed by atoms with Crippen LogP contribution in [0.4, 0.5) is 34.1 Å². The fourth-order valence-corrected chi connectivity index (χ4v) is 5.84. The predicted molar refractivity (Wildman–Crippen MR) is 174 cm³/mol. The smallest absolute Gasteiger partial charge is 0.296 e. The van der Waals surface area contributed by atoms with Crippen molar-refractivity contribution in [2.45, 2.75) is 16.7 Å². The van der Waals surface area contributed by atoms with E-state index in [1.165, 1.54) is 50.6 Å². The van der Waals surface area contributed by atoms with Gasteiger partial charge in [-0.25, -0.2) is 13.1 Å². The van der Waals surface area contributed by atoms with Crippen molar-refractivity contribution < 1.29 is 31.2 Å². The van der Waals surface area contributed by atoms with Gasteiger partial charge in [0.25, 0.3) is 10.1 Å². The number of phenols is 1. The summed E-state index contributed by atoms with van der Waals surface area (Å²) in [4.78, 5) is -0.548. The van der Waals surface area contributed by atoms with E-state index in [0.717, 1.165) is 5.69 Å². The first-order valence-corrected chi connectivity index (χ1v) is 16.5. The number of nitrogens with zero attached hydrogens (tertiary/aromatic N) is 4. The molecule has 0 saturated carbocycles. The summed E-state index contributed by atoms with van der Waals surface area (Å²) in [5, 5.41) is 31.5. The number of hydrogen-bond donors (Lipinski definition) is 4. The van der Waals surface area contributed by atoms with Gasteiger partial charge in [-0.05, 0) is 91.7 Å². The summed E-state index contributed by atoms with van der Waals surface area (Å²) in [5.74, 6) is -0.279. The number of anilines is 2. The number of ether oxygens (including phenoxy) is 1. The van der Waals surface area contributed by atoms with Gasteiger partial charge in [-0.15, -0.1) is 10.2 Å². The van der Waals surface area contributed by atoms with E-state index in [4.69, 9.17) is 4.74 Å². The zero-order chi connectivity index (χ0) is 33.1. The second kappa shape index (κ2) is 13.0. The van der Waals surface area contributed by atoms with E-state index in [1.807, 2.05) is 30.3 Å². The third-order valence-electron chi connectivity index (χ3n) is 6.84. The Bertz CT molecular complexity index is 2210. The average Bonchev–Trinajstić information content (AvgIpc) is 3.04. The Morgan fingerprint density at radius 2 is 1.46 bits per heavy atom. The summed E-state index contributed by atoms with van der Waals surface area (Å²) in [6.45, 7) is 1.73. The number of aryl methyl sites for hydroxylation is 1. The lowest BCUT2D eigenvalue weighted by molar-refractivity contribution is 0.416. The SMILES string of the molecule is CNS(=O)(=O)c1ccc(N=Nc2cc(OC)c(N=Nc3c(S(=O)(=O)O)cc4cc(Nc5ccccc5)ccc4c3O)cc2C)cc1. The van der Waals surface area contributed by atoms with Crippen molar-refractivity contribution >= 4 is 65.0 Å². The van der Waals surface area contributed by atoms with Crippen molar-refractivity contribution in [3.63, 3.8) is 0 Å². The number of nitrogens with one attached hydrogen (secondary N) is 2. The Balaban J connectivity index is 1.47. The Hall–Kier alpha value is -5.22. The summed E-state index contributed by atoms with van der Waals surface area (Å²) < 4.78 is 66.3. The number of phenolic OH excluding ortho intramolecular Hbond substituents is 1. The van der Waals surface area contributed by atoms with Crippen molar-refractivity contribution in [1.29, 1.82) is 0 Å². The van der Waals surface area contributed by atoms with Crippen LogP contribution in [-0.4, -0.2) is 40.7 Å². The van der Waals surface area contributed by atoms with Crippen molar-refractivity contribution in [2.24, 2.45) is 20.5 Å². The standard InChI is InChI=1S/C31H28N6O7S2/c1-19-15-27(28(44-3)18-26(19)35-34-22-9-12-24(13-10-22)45(39,40)32-2)36-37-30-29(46(41,42)43)17-20-16-23(11-14-25(20)31(30)38)33-21-7-5-4-6-8-21/h4-18,32-33,38H,1-3H3,(H,41,42,43). The predicted octanol–water partition coefficient (Wildman–Crippen LogP) is 7.59. The van der Waals surface area contributed by atoms with E-state index in [2.05, 4.69) is 30.5 Å². The molecule has 4 N–H and O–H groups in total. The minimum atomic E-state index is -4.83. The lowest BCUT2D eigenvalue weighted by atomic mass is 10.1. The van der Waals surface area contributed by atoms with Crippen LogP contribution in [0.25, 0.3) is 10.8 Å². The fourth-order valence-electron chi connectivity index (χ4n) is 4.45. The highest BCUT2D eigenvalue weighted by molar-refractivity contribution is 7.89. The molecule has 0 spiro atoms. The van der Waals surface area contributed by atoms with Crippen LogP contribution < -0.4 is 14.8 Å². The summed E-state index contributed by atoms with van der Waals surface area (Å²) in [5.41, 5.74) is 2.59. The monoisotopic (exact) mass is 660 g/mol. The summed E-state index contributed by atoms with van der Waals surface area (Å²) in [6.07, 6.45) is 0. The largest absolute Gasteiger partial charge is 0.505 e. The molecule has 0 heterocycles. The van der Waals surface area contributed by atoms with Crippen LogP contribution in [0.1, 0.15) is 5.56 Å². The maximum Gasteiger partial charge on any atom is 0.296 e. The molecule has 0 aliphatic heterocycles. The Kier molecular flexibility index (Phi) is 9.11. The van der Waals surface area contributed by atoms with E-state index in [9.17, 15) is 26.5 Å². The molecule has 0 radical (unpaired) electrons. The van der Waals surface area contributed by atoms with Gasteiger partial charge in [0.2, 0.25) is 10.0 Å². The molecule has 5 aromatic carbocycles. The normalized spacial score (nSPS) is 12.3. The molecule has 0 amide bonds. The Labute approximate surface area is 265 Å². The number of hydrogen-bond acceptors (Lipinski definition) is 11. The van der Waals surface area contributed by atoms with E-state index in [0.29, 0.717) is 28.0 Å². The molecule has 15 heteroatoms. The third kappa shape index (κ3) is 7.02. The van der Waals surface area contributed by atoms with Gasteiger partial charge >= 0.3 is 0 Å². The zero-order valence-electron chi connectivity index (χ0n) is 24.7. The van der Waals surface area contributed by atoms with Crippen molar-refractivity contribution in [3.8, 4) is 11.5 Å². The lowest BCUT2D eigenvalue weighted by Crippen LogP contribution is -2.18. The first-order valence-electron chi connectivity index (χ1n) is 13.5. The number of aromatic hydroxyl groups is 1. The lowest BCUT2D eigenvalue weighted by Gasteiger charge is -2.12. The first-order chi connectivity index (χ1) is 21.9. The fraction of sp³-hybridized carbons (Fsp3) is 0.0968. The molecule has 0 unspecified atom stereocenters. The van der Waals surface area contributed by atoms with Gasteiger partial charge in [-0.2, -0.15) is 18.6 Å². The van der Waals surface area contributed by atoms with Gasteiger partial charge in [0.1, 0.15) is 22.0 Å². The van der Waals surface area contributed by atoms with Crippen LogP contribution in [0.5, 0.6) is 11.5 Å². The van der Waals surface area contributed by atoms with Crippen molar-refractivity contribution in [1.82, 2.24) is 4.72 Å². The van der Waals surface area contributed by atoms with Crippen molar-refractivity contribution in [2.75, 3.05) is 19.5 Å². The molecule has 5 aromatic rings. The topological polar surface area (TPSA) is 191 Å². The molecule has 0 aromatic heterocycles. The van der Waals surface area contributed by atoms with Gasteiger partial charge in [0.05, 0.1) is 23.4 Å². The quantitative estimate of drug-likeness (QED) is 0.0869. The van der Waals surface area contributed by atoms with Gasteiger partial charge < -0.3 is 15.2 Å². The Morgan fingerprint density at radius 3 is 2.11 bits per heavy atom. The second-order valence-corrected chi connectivity index (χ2v) is 13.2. The van der Waals surface area contributed by atoms with Crippen LogP contribution in [-0.2, 0) is 20.1 Å². The molecule has 236 valence electrons. The number of azo groups is 2. The maximum absolute atomic E-state index is 12.4. The summed E-state index contributed by atoms with van der Waals surface area (Å²) in [6, 6.07) is 24.4. The summed E-state index contributed by atoms with van der Waals surface area (Å²) >= 11 is 0. The van der Waals surface area contributed by atoms with Gasteiger partial charge in [-0.1, -0.05) is 18.2 Å². The highest BCUT2D eigenvalue weighted by Crippen LogP contribution is 2.43. The minimum Gasteiger partial charge on any atom is -0.505 e. The van der Waals surface area contributed by atoms with E-state index < -0.39 is 36.5 Å². The highest BCUT2D eigenvalue weighted by Gasteiger charge is 2.22. The van der Waals surface area contributed by atoms with Gasteiger partial charge in [0, 0.05) is 22.8 Å². The van der Waals surface area contributed by atoms with Crippen LogP contribution in [0.15, 0.2) is 121 Å². The second-order valence-electron chi connectivity index (χ2n) is 9.89. The number of para-hydroxylation sites is 1.